The average Bonchev–Trinajstić information content (AvgIpc) is 3.19. The molecule has 0 radical (unpaired) electrons. The van der Waals surface area contributed by atoms with Crippen LogP contribution in [0.15, 0.2) is 73.2 Å². The standard InChI is InChI=1S/C26H23N3O3/c1-2-4-22(14-26(30)31)21-8-10-24(11-9-21)32-18-19-6-7-23-17-29(28-25(23)13-19)16-20-5-3-12-27-15-20/h3,5-13,15,17,22H,14,16,18H2,1H3,(H,30,31)/t22-/m0/s1. The highest BCUT2D eigenvalue weighted by atomic mass is 16.5. The zero-order valence-electron chi connectivity index (χ0n) is 17.7. The van der Waals surface area contributed by atoms with Gasteiger partial charge in [-0.3, -0.25) is 14.5 Å². The first-order valence-corrected chi connectivity index (χ1v) is 10.3. The predicted octanol–water partition coefficient (Wildman–Crippen LogP) is 4.64. The smallest absolute Gasteiger partial charge is 0.304 e. The summed E-state index contributed by atoms with van der Waals surface area (Å²) in [6.07, 6.45) is 5.61. The molecule has 0 aliphatic carbocycles. The van der Waals surface area contributed by atoms with Crippen molar-refractivity contribution in [3.8, 4) is 17.6 Å². The first kappa shape index (κ1) is 21.1. The molecule has 2 heterocycles. The summed E-state index contributed by atoms with van der Waals surface area (Å²) in [6, 6.07) is 17.5. The van der Waals surface area contributed by atoms with Gasteiger partial charge in [-0.15, -0.1) is 5.92 Å². The van der Waals surface area contributed by atoms with Crippen molar-refractivity contribution >= 4 is 16.9 Å². The molecule has 2 aromatic heterocycles. The maximum absolute atomic E-state index is 11.1. The molecule has 2 aromatic carbocycles. The molecule has 0 aliphatic heterocycles. The zero-order valence-corrected chi connectivity index (χ0v) is 17.7. The minimum atomic E-state index is -0.864. The lowest BCUT2D eigenvalue weighted by Gasteiger charge is -2.11. The summed E-state index contributed by atoms with van der Waals surface area (Å²) in [5, 5.41) is 14.8. The van der Waals surface area contributed by atoms with E-state index in [-0.39, 0.29) is 12.3 Å². The fourth-order valence-electron chi connectivity index (χ4n) is 3.53. The van der Waals surface area contributed by atoms with Gasteiger partial charge in [0.1, 0.15) is 12.4 Å². The first-order chi connectivity index (χ1) is 15.6. The largest absolute Gasteiger partial charge is 0.489 e. The molecular formula is C26H23N3O3. The second kappa shape index (κ2) is 9.80. The van der Waals surface area contributed by atoms with Crippen molar-refractivity contribution in [1.29, 1.82) is 0 Å². The monoisotopic (exact) mass is 425 g/mol. The molecule has 160 valence electrons. The van der Waals surface area contributed by atoms with Crippen LogP contribution in [0.2, 0.25) is 0 Å². The van der Waals surface area contributed by atoms with Crippen LogP contribution in [-0.4, -0.2) is 25.8 Å². The van der Waals surface area contributed by atoms with E-state index in [1.165, 1.54) is 0 Å². The van der Waals surface area contributed by atoms with Gasteiger partial charge in [0.05, 0.1) is 24.4 Å². The fourth-order valence-corrected chi connectivity index (χ4v) is 3.53. The van der Waals surface area contributed by atoms with Crippen LogP contribution in [0.25, 0.3) is 10.9 Å². The highest BCUT2D eigenvalue weighted by Gasteiger charge is 2.13. The summed E-state index contributed by atoms with van der Waals surface area (Å²) in [4.78, 5) is 15.2. The van der Waals surface area contributed by atoms with Gasteiger partial charge in [0.2, 0.25) is 0 Å². The van der Waals surface area contributed by atoms with Crippen molar-refractivity contribution in [2.24, 2.45) is 0 Å². The first-order valence-electron chi connectivity index (χ1n) is 10.3. The Morgan fingerprint density at radius 1 is 1.16 bits per heavy atom. The molecule has 4 rings (SSSR count). The summed E-state index contributed by atoms with van der Waals surface area (Å²) < 4.78 is 7.84. The molecule has 0 amide bonds. The third kappa shape index (κ3) is 5.32. The van der Waals surface area contributed by atoms with Crippen molar-refractivity contribution in [2.45, 2.75) is 32.4 Å². The lowest BCUT2D eigenvalue weighted by Crippen LogP contribution is -2.04. The van der Waals surface area contributed by atoms with E-state index in [1.807, 2.05) is 71.7 Å². The van der Waals surface area contributed by atoms with Gasteiger partial charge in [0.15, 0.2) is 0 Å². The number of hydrogen-bond donors (Lipinski definition) is 1. The van der Waals surface area contributed by atoms with Gasteiger partial charge in [-0.25, -0.2) is 0 Å². The lowest BCUT2D eigenvalue weighted by molar-refractivity contribution is -0.137. The molecular weight excluding hydrogens is 402 g/mol. The molecule has 6 heteroatoms. The summed E-state index contributed by atoms with van der Waals surface area (Å²) in [7, 11) is 0. The topological polar surface area (TPSA) is 77.2 Å². The number of nitrogens with zero attached hydrogens (tertiary/aromatic N) is 3. The Balaban J connectivity index is 1.41. The van der Waals surface area contributed by atoms with E-state index in [1.54, 1.807) is 13.1 Å². The van der Waals surface area contributed by atoms with E-state index < -0.39 is 5.97 Å². The third-order valence-corrected chi connectivity index (χ3v) is 5.07. The van der Waals surface area contributed by atoms with Crippen LogP contribution in [0.3, 0.4) is 0 Å². The lowest BCUT2D eigenvalue weighted by atomic mass is 9.96. The fraction of sp³-hybridized carbons (Fsp3) is 0.192. The number of ether oxygens (including phenoxy) is 1. The van der Waals surface area contributed by atoms with Crippen molar-refractivity contribution in [2.75, 3.05) is 0 Å². The summed E-state index contributed by atoms with van der Waals surface area (Å²) in [5.41, 5.74) is 3.91. The van der Waals surface area contributed by atoms with Crippen LogP contribution in [0.5, 0.6) is 5.75 Å². The van der Waals surface area contributed by atoms with Gasteiger partial charge in [0.25, 0.3) is 0 Å². The number of fused-ring (bicyclic) bond motifs is 1. The second-order valence-electron chi connectivity index (χ2n) is 7.48. The van der Waals surface area contributed by atoms with Crippen LogP contribution in [0.1, 0.15) is 36.0 Å². The third-order valence-electron chi connectivity index (χ3n) is 5.07. The van der Waals surface area contributed by atoms with E-state index >= 15 is 0 Å². The second-order valence-corrected chi connectivity index (χ2v) is 7.48. The molecule has 0 spiro atoms. The molecule has 6 nitrogen and oxygen atoms in total. The van der Waals surface area contributed by atoms with Crippen LogP contribution in [0.4, 0.5) is 0 Å². The Labute approximate surface area is 186 Å². The number of hydrogen-bond acceptors (Lipinski definition) is 4. The van der Waals surface area contributed by atoms with E-state index in [0.29, 0.717) is 13.2 Å². The average molecular weight is 425 g/mol. The Morgan fingerprint density at radius 2 is 2.00 bits per heavy atom. The number of carboxylic acids is 1. The van der Waals surface area contributed by atoms with Gasteiger partial charge in [-0.1, -0.05) is 36.3 Å². The Bertz CT molecular complexity index is 1270. The molecule has 0 fully saturated rings. The Hall–Kier alpha value is -4.11. The van der Waals surface area contributed by atoms with Crippen molar-refractivity contribution < 1.29 is 14.6 Å². The predicted molar refractivity (Wildman–Crippen MR) is 122 cm³/mol. The van der Waals surface area contributed by atoms with Crippen LogP contribution >= 0.6 is 0 Å². The van der Waals surface area contributed by atoms with Crippen molar-refractivity contribution in [3.63, 3.8) is 0 Å². The van der Waals surface area contributed by atoms with Gasteiger partial charge in [-0.2, -0.15) is 5.10 Å². The molecule has 4 aromatic rings. The molecule has 0 aliphatic rings. The van der Waals surface area contributed by atoms with E-state index in [9.17, 15) is 4.79 Å². The van der Waals surface area contributed by atoms with Crippen molar-refractivity contribution in [3.05, 3.63) is 89.9 Å². The minimum Gasteiger partial charge on any atom is -0.489 e. The normalized spacial score (nSPS) is 11.5. The van der Waals surface area contributed by atoms with E-state index in [2.05, 4.69) is 21.9 Å². The number of carbonyl (C=O) groups is 1. The van der Waals surface area contributed by atoms with Gasteiger partial charge in [0, 0.05) is 24.0 Å². The number of benzene rings is 2. The molecule has 32 heavy (non-hydrogen) atoms. The number of rotatable bonds is 8. The van der Waals surface area contributed by atoms with Gasteiger partial charge >= 0.3 is 5.97 Å². The highest BCUT2D eigenvalue weighted by molar-refractivity contribution is 5.78. The van der Waals surface area contributed by atoms with Crippen molar-refractivity contribution in [1.82, 2.24) is 14.8 Å². The summed E-state index contributed by atoms with van der Waals surface area (Å²) in [5.74, 6) is 5.29. The molecule has 0 saturated carbocycles. The molecule has 1 N–H and O–H groups in total. The summed E-state index contributed by atoms with van der Waals surface area (Å²) >= 11 is 0. The maximum atomic E-state index is 11.1. The maximum Gasteiger partial charge on any atom is 0.304 e. The number of pyridine rings is 1. The molecule has 0 bridgehead atoms. The SMILES string of the molecule is CC#C[C@@H](CC(=O)O)c1ccc(OCc2ccc3cn(Cc4cccnc4)nc3c2)cc1. The van der Waals surface area contributed by atoms with Crippen LogP contribution in [0, 0.1) is 11.8 Å². The number of aromatic nitrogens is 3. The summed E-state index contributed by atoms with van der Waals surface area (Å²) in [6.45, 7) is 2.80. The van der Waals surface area contributed by atoms with Gasteiger partial charge < -0.3 is 9.84 Å². The van der Waals surface area contributed by atoms with E-state index in [0.717, 1.165) is 33.3 Å². The molecule has 1 atom stereocenters. The number of aliphatic carboxylic acids is 1. The highest BCUT2D eigenvalue weighted by Crippen LogP contribution is 2.23. The van der Waals surface area contributed by atoms with E-state index in [4.69, 9.17) is 9.84 Å². The molecule has 0 unspecified atom stereocenters. The van der Waals surface area contributed by atoms with Gasteiger partial charge in [-0.05, 0) is 47.9 Å². The Morgan fingerprint density at radius 3 is 2.72 bits per heavy atom. The van der Waals surface area contributed by atoms with Crippen LogP contribution in [-0.2, 0) is 17.9 Å². The minimum absolute atomic E-state index is 0.0194. The number of carboxylic acid groups (broad SMARTS) is 1. The molecule has 0 saturated heterocycles. The van der Waals surface area contributed by atoms with Crippen LogP contribution < -0.4 is 4.74 Å². The Kier molecular flexibility index (Phi) is 6.47. The zero-order chi connectivity index (χ0) is 22.3. The quantitative estimate of drug-likeness (QED) is 0.416.